The summed E-state index contributed by atoms with van der Waals surface area (Å²) in [5.41, 5.74) is 0.985. The summed E-state index contributed by atoms with van der Waals surface area (Å²) in [6.45, 7) is 0. The first-order chi connectivity index (χ1) is 5.27. The molecule has 2 heterocycles. The highest BCUT2D eigenvalue weighted by Gasteiger charge is 2.04. The van der Waals surface area contributed by atoms with Crippen LogP contribution in [0.2, 0.25) is 0 Å². The molecule has 0 aliphatic heterocycles. The molecule has 2 aromatic rings. The molecule has 0 amide bonds. The minimum atomic E-state index is 0.682. The van der Waals surface area contributed by atoms with Gasteiger partial charge in [0.2, 0.25) is 0 Å². The Morgan fingerprint density at radius 2 is 2.45 bits per heavy atom. The molecule has 0 fully saturated rings. The molecule has 1 N–H and O–H groups in total. The van der Waals surface area contributed by atoms with Gasteiger partial charge in [-0.15, -0.1) is 0 Å². The molecule has 2 rings (SSSR count). The van der Waals surface area contributed by atoms with Crippen LogP contribution in [0.25, 0.3) is 5.65 Å². The number of aromatic amines is 1. The van der Waals surface area contributed by atoms with Gasteiger partial charge in [-0.2, -0.15) is 0 Å². The molecule has 0 aliphatic rings. The third-order valence-corrected chi connectivity index (χ3v) is 1.75. The topological polar surface area (TPSA) is 37.0 Å². The molecule has 4 nitrogen and oxygen atoms in total. The number of aromatic nitrogens is 4. The summed E-state index contributed by atoms with van der Waals surface area (Å²) in [6, 6.07) is 3.76. The Hall–Kier alpha value is -1.23. The van der Waals surface area contributed by atoms with Crippen LogP contribution in [0.1, 0.15) is 0 Å². The molecule has 2 aromatic heterocycles. The predicted molar refractivity (Wildman–Crippen MR) is 41.6 cm³/mol. The van der Waals surface area contributed by atoms with Crippen molar-refractivity contribution >= 4 is 17.9 Å². The number of hydrogen-bond donors (Lipinski definition) is 1. The van der Waals surface area contributed by atoms with Crippen molar-refractivity contribution in [1.82, 2.24) is 14.8 Å². The molecule has 0 radical (unpaired) electrons. The average Bonchev–Trinajstić information content (AvgIpc) is 2.32. The van der Waals surface area contributed by atoms with E-state index in [-0.39, 0.29) is 0 Å². The predicted octanol–water partition coefficient (Wildman–Crippen LogP) is 0.216. The van der Waals surface area contributed by atoms with Crippen LogP contribution >= 0.6 is 12.2 Å². The van der Waals surface area contributed by atoms with Gasteiger partial charge in [0.25, 0.3) is 12.0 Å². The minimum absolute atomic E-state index is 0.682. The third-order valence-electron chi connectivity index (χ3n) is 1.52. The Morgan fingerprint density at radius 1 is 1.64 bits per heavy atom. The maximum atomic E-state index is 4.92. The largest absolute Gasteiger partial charge is 0.287 e. The van der Waals surface area contributed by atoms with Crippen LogP contribution < -0.4 is 4.57 Å². The van der Waals surface area contributed by atoms with Crippen molar-refractivity contribution in [3.05, 3.63) is 23.1 Å². The first kappa shape index (κ1) is 6.48. The number of nitrogens with one attached hydrogen (secondary N) is 1. The lowest BCUT2D eigenvalue weighted by atomic mass is 10.5. The second-order valence-electron chi connectivity index (χ2n) is 2.32. The number of hydrogen-bond acceptors (Lipinski definition) is 2. The average molecular weight is 167 g/mol. The highest BCUT2D eigenvalue weighted by atomic mass is 32.1. The van der Waals surface area contributed by atoms with Crippen LogP contribution in [0, 0.1) is 4.64 Å². The van der Waals surface area contributed by atoms with Crippen LogP contribution in [-0.2, 0) is 7.05 Å². The fourth-order valence-electron chi connectivity index (χ4n) is 0.963. The van der Waals surface area contributed by atoms with Crippen LogP contribution in [0.15, 0.2) is 18.5 Å². The maximum absolute atomic E-state index is 4.92. The highest BCUT2D eigenvalue weighted by molar-refractivity contribution is 7.71. The van der Waals surface area contributed by atoms with E-state index in [2.05, 4.69) is 10.2 Å². The van der Waals surface area contributed by atoms with Crippen LogP contribution in [0.5, 0.6) is 0 Å². The first-order valence-corrected chi connectivity index (χ1v) is 3.61. The number of aryl methyl sites for hydroxylation is 1. The van der Waals surface area contributed by atoms with Crippen molar-refractivity contribution in [2.75, 3.05) is 0 Å². The van der Waals surface area contributed by atoms with Crippen LogP contribution in [0.3, 0.4) is 0 Å². The molecule has 0 saturated heterocycles. The lowest BCUT2D eigenvalue weighted by molar-refractivity contribution is -0.646. The molecule has 0 aliphatic carbocycles. The van der Waals surface area contributed by atoms with E-state index in [4.69, 9.17) is 12.2 Å². The molecule has 0 spiro atoms. The standard InChI is InChI=1S/C6H6N4S/c1-9-4-7-10-6(9)3-2-5(11)8-10/h2-4H,1H3/p+1. The lowest BCUT2D eigenvalue weighted by Crippen LogP contribution is -2.25. The smallest absolute Gasteiger partial charge is 0.232 e. The Bertz CT molecular complexity index is 441. The van der Waals surface area contributed by atoms with E-state index in [1.54, 1.807) is 11.0 Å². The van der Waals surface area contributed by atoms with Gasteiger partial charge >= 0.3 is 0 Å². The number of H-pyrrole nitrogens is 1. The van der Waals surface area contributed by atoms with E-state index in [0.29, 0.717) is 4.64 Å². The summed E-state index contributed by atoms with van der Waals surface area (Å²) in [7, 11) is 1.93. The number of rotatable bonds is 0. The summed E-state index contributed by atoms with van der Waals surface area (Å²) >= 11 is 4.92. The van der Waals surface area contributed by atoms with Crippen molar-refractivity contribution in [3.63, 3.8) is 0 Å². The fraction of sp³-hybridized carbons (Fsp3) is 0.167. The fourth-order valence-corrected chi connectivity index (χ4v) is 1.12. The summed E-state index contributed by atoms with van der Waals surface area (Å²) < 4.78 is 4.23. The maximum Gasteiger partial charge on any atom is 0.287 e. The molecule has 5 heteroatoms. The SMILES string of the molecule is C[n+]1cnn2[nH]c(=S)ccc21. The van der Waals surface area contributed by atoms with Gasteiger partial charge in [0.05, 0.1) is 12.1 Å². The normalized spacial score (nSPS) is 10.6. The Balaban J connectivity index is 2.96. The van der Waals surface area contributed by atoms with Gasteiger partial charge in [0.1, 0.15) is 4.64 Å². The molecule has 0 unspecified atom stereocenters. The van der Waals surface area contributed by atoms with Crippen molar-refractivity contribution in [3.8, 4) is 0 Å². The minimum Gasteiger partial charge on any atom is -0.232 e. The summed E-state index contributed by atoms with van der Waals surface area (Å²) in [4.78, 5) is 0. The first-order valence-electron chi connectivity index (χ1n) is 3.20. The van der Waals surface area contributed by atoms with Crippen molar-refractivity contribution in [1.29, 1.82) is 0 Å². The van der Waals surface area contributed by atoms with Gasteiger partial charge in [-0.3, -0.25) is 0 Å². The number of fused-ring (bicyclic) bond motifs is 1. The molecule has 56 valence electrons. The van der Waals surface area contributed by atoms with E-state index in [9.17, 15) is 0 Å². The van der Waals surface area contributed by atoms with Crippen molar-refractivity contribution in [2.45, 2.75) is 0 Å². The molecule has 0 atom stereocenters. The summed E-state index contributed by atoms with van der Waals surface area (Å²) in [5, 5.41) is 6.95. The molecular formula is C6H7N4S+. The van der Waals surface area contributed by atoms with Gasteiger partial charge in [-0.05, 0) is 10.7 Å². The highest BCUT2D eigenvalue weighted by Crippen LogP contribution is 1.90. The van der Waals surface area contributed by atoms with E-state index in [0.717, 1.165) is 5.65 Å². The monoisotopic (exact) mass is 167 g/mol. The zero-order valence-electron chi connectivity index (χ0n) is 5.98. The van der Waals surface area contributed by atoms with Crippen LogP contribution in [-0.4, -0.2) is 14.8 Å². The Kier molecular flexibility index (Phi) is 1.25. The van der Waals surface area contributed by atoms with Crippen LogP contribution in [0.4, 0.5) is 0 Å². The van der Waals surface area contributed by atoms with Crippen molar-refractivity contribution in [2.24, 2.45) is 7.05 Å². The van der Waals surface area contributed by atoms with Gasteiger partial charge in [-0.25, -0.2) is 9.67 Å². The zero-order valence-corrected chi connectivity index (χ0v) is 6.80. The van der Waals surface area contributed by atoms with Crippen molar-refractivity contribution < 1.29 is 4.57 Å². The van der Waals surface area contributed by atoms with Gasteiger partial charge in [-0.1, -0.05) is 12.2 Å². The molecule has 11 heavy (non-hydrogen) atoms. The van der Waals surface area contributed by atoms with E-state index in [1.807, 2.05) is 23.7 Å². The summed E-state index contributed by atoms with van der Waals surface area (Å²) in [5.74, 6) is 0. The Labute approximate surface area is 68.1 Å². The zero-order chi connectivity index (χ0) is 7.84. The van der Waals surface area contributed by atoms with Gasteiger partial charge < -0.3 is 0 Å². The van der Waals surface area contributed by atoms with Gasteiger partial charge in [0, 0.05) is 6.07 Å². The molecule has 0 saturated carbocycles. The van der Waals surface area contributed by atoms with Gasteiger partial charge in [0.15, 0.2) is 0 Å². The summed E-state index contributed by atoms with van der Waals surface area (Å²) in [6.07, 6.45) is 1.72. The third kappa shape index (κ3) is 0.932. The van der Waals surface area contributed by atoms with E-state index in [1.165, 1.54) is 0 Å². The second-order valence-corrected chi connectivity index (χ2v) is 2.76. The molecule has 0 bridgehead atoms. The molecular weight excluding hydrogens is 160 g/mol. The van der Waals surface area contributed by atoms with E-state index >= 15 is 0 Å². The lowest BCUT2D eigenvalue weighted by Gasteiger charge is -1.84. The second kappa shape index (κ2) is 2.13. The van der Waals surface area contributed by atoms with E-state index < -0.39 is 0 Å². The Morgan fingerprint density at radius 3 is 3.27 bits per heavy atom. The molecule has 0 aromatic carbocycles. The number of nitrogens with zero attached hydrogens (tertiary/aromatic N) is 3. The quantitative estimate of drug-likeness (QED) is 0.450.